The molecule has 0 saturated heterocycles. The van der Waals surface area contributed by atoms with Crippen LogP contribution < -0.4 is 10.1 Å². The minimum atomic E-state index is -0.972. The van der Waals surface area contributed by atoms with Crippen LogP contribution in [0.15, 0.2) is 54.6 Å². The first-order valence-corrected chi connectivity index (χ1v) is 8.38. The molecule has 0 aliphatic heterocycles. The second kappa shape index (κ2) is 7.83. The summed E-state index contributed by atoms with van der Waals surface area (Å²) >= 11 is 0. The van der Waals surface area contributed by atoms with E-state index < -0.39 is 6.10 Å². The van der Waals surface area contributed by atoms with Crippen LogP contribution in [0.25, 0.3) is 0 Å². The third-order valence-electron chi connectivity index (χ3n) is 4.35. The summed E-state index contributed by atoms with van der Waals surface area (Å²) in [5.74, 6) is -0.135. The lowest BCUT2D eigenvalue weighted by molar-refractivity contribution is -0.161. The van der Waals surface area contributed by atoms with E-state index in [1.54, 1.807) is 43.5 Å². The van der Waals surface area contributed by atoms with Crippen molar-refractivity contribution >= 4 is 17.6 Å². The number of hydrogen-bond acceptors (Lipinski definition) is 4. The first-order chi connectivity index (χ1) is 12.2. The van der Waals surface area contributed by atoms with Gasteiger partial charge in [-0.25, -0.2) is 0 Å². The Bertz CT molecular complexity index is 740. The molecule has 25 heavy (non-hydrogen) atoms. The number of carbonyl (C=O) groups excluding carboxylic acids is 2. The van der Waals surface area contributed by atoms with Crippen molar-refractivity contribution in [2.24, 2.45) is 5.92 Å². The van der Waals surface area contributed by atoms with E-state index >= 15 is 0 Å². The molecule has 0 bridgehead atoms. The zero-order valence-electron chi connectivity index (χ0n) is 14.1. The predicted octanol–water partition coefficient (Wildman–Crippen LogP) is 3.72. The van der Waals surface area contributed by atoms with Crippen molar-refractivity contribution in [3.05, 3.63) is 60.2 Å². The third kappa shape index (κ3) is 4.18. The van der Waals surface area contributed by atoms with Gasteiger partial charge in [0.25, 0.3) is 5.91 Å². The van der Waals surface area contributed by atoms with E-state index in [9.17, 15) is 9.59 Å². The molecule has 0 spiro atoms. The van der Waals surface area contributed by atoms with Gasteiger partial charge in [-0.2, -0.15) is 0 Å². The van der Waals surface area contributed by atoms with Gasteiger partial charge in [0, 0.05) is 17.3 Å². The number of carbonyl (C=O) groups is 2. The van der Waals surface area contributed by atoms with Crippen LogP contribution in [0.2, 0.25) is 0 Å². The van der Waals surface area contributed by atoms with Gasteiger partial charge in [-0.15, -0.1) is 0 Å². The fourth-order valence-electron chi connectivity index (χ4n) is 2.67. The van der Waals surface area contributed by atoms with Crippen molar-refractivity contribution in [3.8, 4) is 5.75 Å². The molecule has 0 radical (unpaired) electrons. The van der Waals surface area contributed by atoms with Crippen molar-refractivity contribution in [3.63, 3.8) is 0 Å². The van der Waals surface area contributed by atoms with E-state index in [1.807, 2.05) is 18.2 Å². The number of anilines is 1. The Morgan fingerprint density at radius 3 is 2.48 bits per heavy atom. The molecule has 5 nitrogen and oxygen atoms in total. The Morgan fingerprint density at radius 2 is 1.84 bits per heavy atom. The molecule has 1 aliphatic carbocycles. The summed E-state index contributed by atoms with van der Waals surface area (Å²) in [5.41, 5.74) is 1.24. The molecule has 1 N–H and O–H groups in total. The normalized spacial score (nSPS) is 14.9. The van der Waals surface area contributed by atoms with Crippen LogP contribution in [0, 0.1) is 5.92 Å². The third-order valence-corrected chi connectivity index (χ3v) is 4.35. The van der Waals surface area contributed by atoms with Crippen molar-refractivity contribution in [2.75, 3.05) is 12.4 Å². The molecule has 1 fully saturated rings. The van der Waals surface area contributed by atoms with Crippen molar-refractivity contribution < 1.29 is 19.1 Å². The monoisotopic (exact) mass is 339 g/mol. The van der Waals surface area contributed by atoms with Crippen LogP contribution in [0.5, 0.6) is 5.75 Å². The fourth-order valence-corrected chi connectivity index (χ4v) is 2.67. The standard InChI is InChI=1S/C20H21NO4/c1-24-17-12-6-11-16(13-17)21-19(22)18(14-7-3-2-4-8-14)25-20(23)15-9-5-10-15/h2-4,6-8,11-13,15,18H,5,9-10H2,1H3,(H,21,22)/t18-/m0/s1. The predicted molar refractivity (Wildman–Crippen MR) is 94.2 cm³/mol. The lowest BCUT2D eigenvalue weighted by atomic mass is 9.85. The molecule has 130 valence electrons. The first kappa shape index (κ1) is 17.0. The largest absolute Gasteiger partial charge is 0.497 e. The van der Waals surface area contributed by atoms with Crippen LogP contribution in [0.4, 0.5) is 5.69 Å². The highest BCUT2D eigenvalue weighted by Gasteiger charge is 2.32. The molecule has 2 aromatic rings. The number of benzene rings is 2. The molecular formula is C20H21NO4. The molecule has 0 heterocycles. The molecule has 3 rings (SSSR count). The van der Waals surface area contributed by atoms with Gasteiger partial charge in [0.05, 0.1) is 13.0 Å². The topological polar surface area (TPSA) is 64.6 Å². The number of nitrogens with one attached hydrogen (secondary N) is 1. The zero-order valence-corrected chi connectivity index (χ0v) is 14.1. The minimum Gasteiger partial charge on any atom is -0.497 e. The van der Waals surface area contributed by atoms with E-state index in [-0.39, 0.29) is 17.8 Å². The van der Waals surface area contributed by atoms with Gasteiger partial charge in [0.2, 0.25) is 6.10 Å². The second-order valence-corrected chi connectivity index (χ2v) is 6.08. The Balaban J connectivity index is 1.77. The maximum atomic E-state index is 12.7. The lowest BCUT2D eigenvalue weighted by Gasteiger charge is -2.26. The smallest absolute Gasteiger partial charge is 0.310 e. The van der Waals surface area contributed by atoms with Crippen LogP contribution >= 0.6 is 0 Å². The summed E-state index contributed by atoms with van der Waals surface area (Å²) < 4.78 is 10.7. The number of hydrogen-bond donors (Lipinski definition) is 1. The molecule has 0 aromatic heterocycles. The van der Waals surface area contributed by atoms with Crippen molar-refractivity contribution in [2.45, 2.75) is 25.4 Å². The Hall–Kier alpha value is -2.82. The Labute approximate surface area is 147 Å². The number of amides is 1. The van der Waals surface area contributed by atoms with E-state index in [0.717, 1.165) is 19.3 Å². The van der Waals surface area contributed by atoms with Crippen molar-refractivity contribution in [1.82, 2.24) is 0 Å². The van der Waals surface area contributed by atoms with E-state index in [2.05, 4.69) is 5.32 Å². The van der Waals surface area contributed by atoms with Gasteiger partial charge < -0.3 is 14.8 Å². The summed E-state index contributed by atoms with van der Waals surface area (Å²) in [5, 5.41) is 2.80. The SMILES string of the molecule is COc1cccc(NC(=O)[C@@H](OC(=O)C2CCC2)c2ccccc2)c1. The quantitative estimate of drug-likeness (QED) is 0.815. The molecular weight excluding hydrogens is 318 g/mol. The molecule has 0 unspecified atom stereocenters. The molecule has 2 aromatic carbocycles. The maximum Gasteiger partial charge on any atom is 0.310 e. The number of esters is 1. The van der Waals surface area contributed by atoms with Gasteiger partial charge >= 0.3 is 5.97 Å². The highest BCUT2D eigenvalue weighted by Crippen LogP contribution is 2.30. The highest BCUT2D eigenvalue weighted by atomic mass is 16.5. The van der Waals surface area contributed by atoms with E-state index in [0.29, 0.717) is 17.0 Å². The fraction of sp³-hybridized carbons (Fsp3) is 0.300. The van der Waals surface area contributed by atoms with Gasteiger partial charge in [-0.3, -0.25) is 9.59 Å². The number of rotatable bonds is 6. The van der Waals surface area contributed by atoms with Crippen LogP contribution in [0.1, 0.15) is 30.9 Å². The summed E-state index contributed by atoms with van der Waals surface area (Å²) in [6, 6.07) is 16.1. The molecule has 1 amide bonds. The Kier molecular flexibility index (Phi) is 5.33. The number of methoxy groups -OCH3 is 1. The first-order valence-electron chi connectivity index (χ1n) is 8.38. The van der Waals surface area contributed by atoms with Crippen LogP contribution in [-0.2, 0) is 14.3 Å². The van der Waals surface area contributed by atoms with Gasteiger partial charge in [0.1, 0.15) is 5.75 Å². The summed E-state index contributed by atoms with van der Waals surface area (Å²) in [6.07, 6.45) is 1.72. The summed E-state index contributed by atoms with van der Waals surface area (Å²) in [7, 11) is 1.56. The summed E-state index contributed by atoms with van der Waals surface area (Å²) in [6.45, 7) is 0. The highest BCUT2D eigenvalue weighted by molar-refractivity contribution is 5.96. The van der Waals surface area contributed by atoms with Gasteiger partial charge in [0.15, 0.2) is 0 Å². The van der Waals surface area contributed by atoms with Crippen molar-refractivity contribution in [1.29, 1.82) is 0 Å². The van der Waals surface area contributed by atoms with Crippen LogP contribution in [-0.4, -0.2) is 19.0 Å². The average Bonchev–Trinajstić information content (AvgIpc) is 2.59. The second-order valence-electron chi connectivity index (χ2n) is 6.08. The van der Waals surface area contributed by atoms with E-state index in [1.165, 1.54) is 0 Å². The molecule has 1 saturated carbocycles. The zero-order chi connectivity index (χ0) is 17.6. The number of ether oxygens (including phenoxy) is 2. The average molecular weight is 339 g/mol. The molecule has 5 heteroatoms. The minimum absolute atomic E-state index is 0.0872. The van der Waals surface area contributed by atoms with Gasteiger partial charge in [-0.05, 0) is 25.0 Å². The summed E-state index contributed by atoms with van der Waals surface area (Å²) in [4.78, 5) is 25.0. The maximum absolute atomic E-state index is 12.7. The Morgan fingerprint density at radius 1 is 1.08 bits per heavy atom. The molecule has 1 aliphatic rings. The lowest BCUT2D eigenvalue weighted by Crippen LogP contribution is -2.31. The van der Waals surface area contributed by atoms with E-state index in [4.69, 9.17) is 9.47 Å². The van der Waals surface area contributed by atoms with Gasteiger partial charge in [-0.1, -0.05) is 42.8 Å². The molecule has 1 atom stereocenters. The van der Waals surface area contributed by atoms with Crippen LogP contribution in [0.3, 0.4) is 0 Å².